The van der Waals surface area contributed by atoms with E-state index in [1.54, 1.807) is 0 Å². The third-order valence-electron chi connectivity index (χ3n) is 11.8. The van der Waals surface area contributed by atoms with Gasteiger partial charge in [0.2, 0.25) is 11.7 Å². The van der Waals surface area contributed by atoms with E-state index in [4.69, 9.17) is 14.2 Å². The molecule has 1 heterocycles. The molecule has 5 rings (SSSR count). The van der Waals surface area contributed by atoms with Crippen LogP contribution in [0.15, 0.2) is 11.6 Å². The molecule has 0 aromatic rings. The number of carbonyl (C=O) groups is 6. The number of rotatable bonds is 8. The van der Waals surface area contributed by atoms with Gasteiger partial charge in [-0.25, -0.2) is 4.79 Å². The molecule has 5 aliphatic rings. The minimum atomic E-state index is -1.38. The van der Waals surface area contributed by atoms with E-state index in [-0.39, 0.29) is 35.9 Å². The molecule has 0 radical (unpaired) electrons. The average Bonchev–Trinajstić information content (AvgIpc) is 3.58. The van der Waals surface area contributed by atoms with Crippen molar-refractivity contribution in [2.75, 3.05) is 20.3 Å². The first-order valence-electron chi connectivity index (χ1n) is 15.9. The van der Waals surface area contributed by atoms with Crippen molar-refractivity contribution in [2.45, 2.75) is 109 Å². The lowest BCUT2D eigenvalue weighted by molar-refractivity contribution is -0.191. The monoisotopic (exact) mass is 599 g/mol. The zero-order valence-electron chi connectivity index (χ0n) is 25.9. The molecule has 4 fully saturated rings. The maximum absolute atomic E-state index is 13.9. The van der Waals surface area contributed by atoms with E-state index in [9.17, 15) is 28.8 Å². The number of ether oxygens (including phenoxy) is 3. The number of hydrogen-bond acceptors (Lipinski definition) is 9. The van der Waals surface area contributed by atoms with E-state index >= 15 is 0 Å². The second-order valence-electron chi connectivity index (χ2n) is 13.7. The van der Waals surface area contributed by atoms with Gasteiger partial charge in [0.25, 0.3) is 0 Å². The van der Waals surface area contributed by atoms with Crippen LogP contribution in [-0.4, -0.2) is 72.2 Å². The number of hydrogen-bond donors (Lipinski definition) is 0. The molecular weight excluding hydrogens is 554 g/mol. The second-order valence-corrected chi connectivity index (χ2v) is 13.7. The minimum Gasteiger partial charge on any atom is -0.467 e. The predicted molar refractivity (Wildman–Crippen MR) is 153 cm³/mol. The Kier molecular flexibility index (Phi) is 8.62. The maximum Gasteiger partial charge on any atom is 0.328 e. The summed E-state index contributed by atoms with van der Waals surface area (Å²) in [7, 11) is 1.28. The Balaban J connectivity index is 1.25. The lowest BCUT2D eigenvalue weighted by Gasteiger charge is -2.59. The molecule has 0 spiro atoms. The molecule has 10 nitrogen and oxygen atoms in total. The van der Waals surface area contributed by atoms with E-state index < -0.39 is 47.4 Å². The van der Waals surface area contributed by atoms with Crippen LogP contribution in [0, 0.1) is 28.6 Å². The summed E-state index contributed by atoms with van der Waals surface area (Å²) in [6.07, 6.45) is 8.66. The molecule has 0 unspecified atom stereocenters. The number of allylic oxidation sites excluding steroid dienone is 1. The van der Waals surface area contributed by atoms with Gasteiger partial charge >= 0.3 is 17.9 Å². The van der Waals surface area contributed by atoms with Crippen molar-refractivity contribution in [1.82, 2.24) is 4.90 Å². The average molecular weight is 600 g/mol. The molecule has 4 aliphatic carbocycles. The number of ketones is 2. The fraction of sp³-hybridized carbons (Fsp3) is 0.758. The number of esters is 3. The number of Topliss-reactive ketones (excluding diaryl/α,β-unsaturated/α-hetero) is 1. The molecule has 0 bridgehead atoms. The van der Waals surface area contributed by atoms with Crippen molar-refractivity contribution in [1.29, 1.82) is 0 Å². The third-order valence-corrected chi connectivity index (χ3v) is 11.8. The highest BCUT2D eigenvalue weighted by Crippen LogP contribution is 2.68. The zero-order chi connectivity index (χ0) is 31.2. The van der Waals surface area contributed by atoms with Gasteiger partial charge < -0.3 is 19.1 Å². The Morgan fingerprint density at radius 1 is 0.953 bits per heavy atom. The van der Waals surface area contributed by atoms with Crippen LogP contribution in [0.4, 0.5) is 0 Å². The highest BCUT2D eigenvalue weighted by molar-refractivity contribution is 5.94. The van der Waals surface area contributed by atoms with Gasteiger partial charge in [0.15, 0.2) is 18.0 Å². The van der Waals surface area contributed by atoms with Gasteiger partial charge in [-0.2, -0.15) is 0 Å². The highest BCUT2D eigenvalue weighted by Gasteiger charge is 2.68. The van der Waals surface area contributed by atoms with Crippen molar-refractivity contribution in [3.05, 3.63) is 11.6 Å². The molecule has 0 aromatic heterocycles. The van der Waals surface area contributed by atoms with Crippen LogP contribution in [-0.2, 0) is 43.0 Å². The van der Waals surface area contributed by atoms with E-state index in [2.05, 4.69) is 13.8 Å². The largest absolute Gasteiger partial charge is 0.467 e. The summed E-state index contributed by atoms with van der Waals surface area (Å²) in [5.41, 5.74) is -0.730. The van der Waals surface area contributed by atoms with Crippen molar-refractivity contribution in [3.63, 3.8) is 0 Å². The molecule has 3 saturated carbocycles. The molecule has 7 atom stereocenters. The summed E-state index contributed by atoms with van der Waals surface area (Å²) < 4.78 is 16.1. The summed E-state index contributed by atoms with van der Waals surface area (Å²) >= 11 is 0. The molecule has 236 valence electrons. The smallest absolute Gasteiger partial charge is 0.328 e. The van der Waals surface area contributed by atoms with Gasteiger partial charge in [-0.3, -0.25) is 24.0 Å². The molecule has 0 N–H and O–H groups in total. The Morgan fingerprint density at radius 2 is 1.70 bits per heavy atom. The molecule has 10 heteroatoms. The van der Waals surface area contributed by atoms with Gasteiger partial charge in [0.05, 0.1) is 13.5 Å². The predicted octanol–water partition coefficient (Wildman–Crippen LogP) is 3.88. The van der Waals surface area contributed by atoms with Gasteiger partial charge in [0, 0.05) is 31.7 Å². The van der Waals surface area contributed by atoms with Crippen LogP contribution in [0.1, 0.15) is 97.8 Å². The fourth-order valence-corrected chi connectivity index (χ4v) is 9.62. The molecule has 43 heavy (non-hydrogen) atoms. The fourth-order valence-electron chi connectivity index (χ4n) is 9.62. The Morgan fingerprint density at radius 3 is 2.42 bits per heavy atom. The first-order valence-corrected chi connectivity index (χ1v) is 15.9. The topological polar surface area (TPSA) is 133 Å². The Bertz CT molecular complexity index is 1240. The first kappa shape index (κ1) is 31.4. The van der Waals surface area contributed by atoms with Crippen LogP contribution >= 0.6 is 0 Å². The van der Waals surface area contributed by atoms with Crippen molar-refractivity contribution >= 4 is 35.4 Å². The lowest BCUT2D eigenvalue weighted by atomic mass is 9.46. The van der Waals surface area contributed by atoms with Crippen LogP contribution < -0.4 is 0 Å². The second kappa shape index (κ2) is 11.8. The van der Waals surface area contributed by atoms with Crippen LogP contribution in [0.2, 0.25) is 0 Å². The summed E-state index contributed by atoms with van der Waals surface area (Å²) in [5, 5.41) is 0. The van der Waals surface area contributed by atoms with Crippen LogP contribution in [0.3, 0.4) is 0 Å². The normalized spacial score (nSPS) is 36.5. The molecular formula is C33H45NO9. The quantitative estimate of drug-likeness (QED) is 0.301. The van der Waals surface area contributed by atoms with E-state index in [0.717, 1.165) is 32.1 Å². The Hall–Kier alpha value is -3.04. The van der Waals surface area contributed by atoms with Crippen LogP contribution in [0.25, 0.3) is 0 Å². The number of carbonyl (C=O) groups excluding carboxylic acids is 6. The van der Waals surface area contributed by atoms with Gasteiger partial charge in [-0.1, -0.05) is 19.4 Å². The van der Waals surface area contributed by atoms with E-state index in [0.29, 0.717) is 50.5 Å². The molecule has 1 aliphatic heterocycles. The number of fused-ring (bicyclic) bond motifs is 5. The number of nitrogens with zero attached hydrogens (tertiary/aromatic N) is 1. The van der Waals surface area contributed by atoms with Gasteiger partial charge in [-0.15, -0.1) is 0 Å². The maximum atomic E-state index is 13.9. The number of methoxy groups -OCH3 is 1. The van der Waals surface area contributed by atoms with E-state index in [1.807, 2.05) is 6.08 Å². The zero-order valence-corrected chi connectivity index (χ0v) is 25.9. The first-order chi connectivity index (χ1) is 20.4. The van der Waals surface area contributed by atoms with E-state index in [1.165, 1.54) is 24.5 Å². The van der Waals surface area contributed by atoms with Crippen molar-refractivity contribution in [3.8, 4) is 0 Å². The number of likely N-dealkylation sites (tertiary alicyclic amines) is 1. The SMILES string of the molecule is COC(=O)[C@@H]1CCCN1C(=O)CCC(=O)OCC(=O)[C@@]1(OC(C)=O)CC[C@H]2[C@@H]3CCC4=CC(=O)CC[C@]4(C)[C@H]3CC[C@@]21C. The van der Waals surface area contributed by atoms with Crippen LogP contribution in [0.5, 0.6) is 0 Å². The highest BCUT2D eigenvalue weighted by atomic mass is 16.6. The summed E-state index contributed by atoms with van der Waals surface area (Å²) in [4.78, 5) is 77.3. The molecule has 0 aromatic carbocycles. The van der Waals surface area contributed by atoms with Crippen molar-refractivity contribution in [2.24, 2.45) is 28.6 Å². The van der Waals surface area contributed by atoms with Gasteiger partial charge in [-0.05, 0) is 87.0 Å². The lowest BCUT2D eigenvalue weighted by Crippen LogP contribution is -2.59. The molecule has 1 amide bonds. The summed E-state index contributed by atoms with van der Waals surface area (Å²) in [6.45, 7) is 5.57. The minimum absolute atomic E-state index is 0.0201. The standard InChI is InChI=1S/C33H45NO9/c1-20(35)43-33(27(37)19-42-29(39)10-9-28(38)34-17-5-6-26(34)30(40)41-4)16-13-25-23-8-7-21-18-22(36)11-14-31(21,2)24(23)12-15-32(25,33)3/h18,23-26H,5-17,19H2,1-4H3/t23-,24+,25+,26+,31+,32+,33+/m1/s1. The Labute approximate surface area is 253 Å². The number of amides is 1. The third kappa shape index (κ3) is 5.33. The van der Waals surface area contributed by atoms with Crippen molar-refractivity contribution < 1.29 is 43.0 Å². The summed E-state index contributed by atoms with van der Waals surface area (Å²) in [6, 6.07) is -0.639. The summed E-state index contributed by atoms with van der Waals surface area (Å²) in [5.74, 6) is -1.30. The van der Waals surface area contributed by atoms with Gasteiger partial charge in [0.1, 0.15) is 6.04 Å². The molecule has 1 saturated heterocycles.